The van der Waals surface area contributed by atoms with Gasteiger partial charge < -0.3 is 19.7 Å². The lowest BCUT2D eigenvalue weighted by Gasteiger charge is -2.34. The van der Waals surface area contributed by atoms with Gasteiger partial charge in [-0.2, -0.15) is 0 Å². The highest BCUT2D eigenvalue weighted by Gasteiger charge is 2.27. The van der Waals surface area contributed by atoms with Crippen LogP contribution in [0.3, 0.4) is 0 Å². The van der Waals surface area contributed by atoms with Crippen molar-refractivity contribution in [3.8, 4) is 11.5 Å². The molecular formula is C20H19ClN4O6. The minimum atomic E-state index is -0.883. The summed E-state index contributed by atoms with van der Waals surface area (Å²) < 4.78 is 10.7. The Morgan fingerprint density at radius 1 is 1.06 bits per heavy atom. The van der Waals surface area contributed by atoms with E-state index < -0.39 is 16.7 Å². The second kappa shape index (κ2) is 8.78. The first-order valence-corrected chi connectivity index (χ1v) is 9.93. The summed E-state index contributed by atoms with van der Waals surface area (Å²) in [5, 5.41) is 13.4. The van der Waals surface area contributed by atoms with E-state index in [0.717, 1.165) is 23.1 Å². The van der Waals surface area contributed by atoms with E-state index in [1.807, 2.05) is 18.2 Å². The number of non-ortho nitro benzene ring substituents is 1. The zero-order chi connectivity index (χ0) is 22.0. The van der Waals surface area contributed by atoms with Gasteiger partial charge in [-0.1, -0.05) is 17.7 Å². The van der Waals surface area contributed by atoms with Gasteiger partial charge in [0.15, 0.2) is 11.5 Å². The van der Waals surface area contributed by atoms with Crippen molar-refractivity contribution >= 4 is 34.8 Å². The van der Waals surface area contributed by atoms with E-state index in [1.54, 1.807) is 0 Å². The highest BCUT2D eigenvalue weighted by Crippen LogP contribution is 2.33. The minimum Gasteiger partial charge on any atom is -0.454 e. The van der Waals surface area contributed by atoms with Crippen LogP contribution in [0.25, 0.3) is 0 Å². The number of fused-ring (bicyclic) bond motifs is 1. The molecule has 1 fully saturated rings. The fraction of sp³-hybridized carbons (Fsp3) is 0.300. The van der Waals surface area contributed by atoms with Crippen LogP contribution < -0.4 is 14.8 Å². The van der Waals surface area contributed by atoms with E-state index in [0.29, 0.717) is 32.7 Å². The highest BCUT2D eigenvalue weighted by molar-refractivity contribution is 6.41. The number of nitrogens with one attached hydrogen (secondary N) is 1. The average Bonchev–Trinajstić information content (AvgIpc) is 3.23. The number of hydrogen-bond donors (Lipinski definition) is 1. The van der Waals surface area contributed by atoms with E-state index >= 15 is 0 Å². The number of nitrogens with zero attached hydrogens (tertiary/aromatic N) is 3. The van der Waals surface area contributed by atoms with Crippen molar-refractivity contribution in [2.75, 3.05) is 38.3 Å². The van der Waals surface area contributed by atoms with Gasteiger partial charge in [-0.05, 0) is 23.8 Å². The predicted molar refractivity (Wildman–Crippen MR) is 111 cm³/mol. The molecule has 2 amide bonds. The molecule has 2 aromatic carbocycles. The molecule has 0 aliphatic carbocycles. The minimum absolute atomic E-state index is 0.0238. The fourth-order valence-corrected chi connectivity index (χ4v) is 3.61. The summed E-state index contributed by atoms with van der Waals surface area (Å²) in [5.74, 6) is -0.131. The Morgan fingerprint density at radius 3 is 2.55 bits per heavy atom. The molecule has 2 aromatic rings. The van der Waals surface area contributed by atoms with Crippen molar-refractivity contribution in [2.45, 2.75) is 6.54 Å². The van der Waals surface area contributed by atoms with Gasteiger partial charge in [0.2, 0.25) is 6.79 Å². The first-order valence-electron chi connectivity index (χ1n) is 9.56. The Labute approximate surface area is 182 Å². The first-order chi connectivity index (χ1) is 14.9. The molecule has 1 saturated heterocycles. The number of nitro groups is 1. The number of carbonyl (C=O) groups excluding carboxylic acids is 2. The summed E-state index contributed by atoms with van der Waals surface area (Å²) in [6.45, 7) is 2.90. The molecule has 4 rings (SSSR count). The number of halogens is 1. The molecule has 0 radical (unpaired) electrons. The van der Waals surface area contributed by atoms with Crippen LogP contribution in [-0.4, -0.2) is 59.5 Å². The number of nitro benzene ring substituents is 1. The van der Waals surface area contributed by atoms with E-state index in [4.69, 9.17) is 21.1 Å². The zero-order valence-corrected chi connectivity index (χ0v) is 17.1. The fourth-order valence-electron chi connectivity index (χ4n) is 3.45. The van der Waals surface area contributed by atoms with E-state index in [1.165, 1.54) is 17.0 Å². The average molecular weight is 447 g/mol. The standard InChI is InChI=1S/C20H19ClN4O6/c21-15-3-2-14(25(28)29)10-16(15)22-19(26)20(27)24-7-5-23(6-8-24)11-13-1-4-17-18(9-13)31-12-30-17/h1-4,9-10H,5-8,11-12H2,(H,22,26). The molecule has 0 unspecified atom stereocenters. The Balaban J connectivity index is 1.31. The third-order valence-electron chi connectivity index (χ3n) is 5.11. The molecule has 162 valence electrons. The molecule has 2 aliphatic heterocycles. The van der Waals surface area contributed by atoms with Crippen molar-refractivity contribution < 1.29 is 24.0 Å². The third-order valence-corrected chi connectivity index (χ3v) is 5.44. The van der Waals surface area contributed by atoms with Crippen LogP contribution in [0.4, 0.5) is 11.4 Å². The van der Waals surface area contributed by atoms with Gasteiger partial charge in [-0.15, -0.1) is 0 Å². The summed E-state index contributed by atoms with van der Waals surface area (Å²) >= 11 is 5.98. The van der Waals surface area contributed by atoms with Gasteiger partial charge in [-0.25, -0.2) is 0 Å². The van der Waals surface area contributed by atoms with Gasteiger partial charge >= 0.3 is 11.8 Å². The smallest absolute Gasteiger partial charge is 0.313 e. The Kier molecular flexibility index (Phi) is 5.92. The van der Waals surface area contributed by atoms with Crippen LogP contribution >= 0.6 is 11.6 Å². The van der Waals surface area contributed by atoms with Crippen molar-refractivity contribution in [1.82, 2.24) is 9.80 Å². The number of carbonyl (C=O) groups is 2. The molecule has 2 heterocycles. The summed E-state index contributed by atoms with van der Waals surface area (Å²) in [7, 11) is 0. The van der Waals surface area contributed by atoms with E-state index in [2.05, 4.69) is 10.2 Å². The Hall–Kier alpha value is -3.37. The van der Waals surface area contributed by atoms with E-state index in [9.17, 15) is 19.7 Å². The van der Waals surface area contributed by atoms with Gasteiger partial charge in [0.25, 0.3) is 5.69 Å². The summed E-state index contributed by atoms with van der Waals surface area (Å²) in [4.78, 5) is 38.8. The van der Waals surface area contributed by atoms with Crippen LogP contribution in [0.2, 0.25) is 5.02 Å². The van der Waals surface area contributed by atoms with Crippen molar-refractivity contribution in [3.05, 3.63) is 57.1 Å². The molecule has 1 N–H and O–H groups in total. The lowest BCUT2D eigenvalue weighted by Crippen LogP contribution is -2.51. The van der Waals surface area contributed by atoms with Crippen LogP contribution in [-0.2, 0) is 16.1 Å². The van der Waals surface area contributed by atoms with Gasteiger partial charge in [-0.3, -0.25) is 24.6 Å². The van der Waals surface area contributed by atoms with Crippen LogP contribution in [0.5, 0.6) is 11.5 Å². The number of amides is 2. The number of hydrogen-bond acceptors (Lipinski definition) is 7. The highest BCUT2D eigenvalue weighted by atomic mass is 35.5. The van der Waals surface area contributed by atoms with E-state index in [-0.39, 0.29) is 23.2 Å². The van der Waals surface area contributed by atoms with Crippen LogP contribution in [0.15, 0.2) is 36.4 Å². The third kappa shape index (κ3) is 4.70. The summed E-state index contributed by atoms with van der Waals surface area (Å²) in [5.41, 5.74) is 0.863. The molecule has 2 aliphatic rings. The summed E-state index contributed by atoms with van der Waals surface area (Å²) in [6.07, 6.45) is 0. The van der Waals surface area contributed by atoms with Crippen molar-refractivity contribution in [2.24, 2.45) is 0 Å². The number of piperazine rings is 1. The molecule has 0 aromatic heterocycles. The van der Waals surface area contributed by atoms with Crippen LogP contribution in [0.1, 0.15) is 5.56 Å². The molecule has 0 bridgehead atoms. The first kappa shape index (κ1) is 20.9. The van der Waals surface area contributed by atoms with Gasteiger partial charge in [0.05, 0.1) is 15.6 Å². The topological polar surface area (TPSA) is 114 Å². The normalized spacial score (nSPS) is 15.6. The number of ether oxygens (including phenoxy) is 2. The molecule has 11 heteroatoms. The number of anilines is 1. The molecule has 0 atom stereocenters. The predicted octanol–water partition coefficient (Wildman–Crippen LogP) is 2.26. The molecule has 0 spiro atoms. The molecular weight excluding hydrogens is 428 g/mol. The largest absolute Gasteiger partial charge is 0.454 e. The van der Waals surface area contributed by atoms with Crippen molar-refractivity contribution in [1.29, 1.82) is 0 Å². The maximum atomic E-state index is 12.5. The van der Waals surface area contributed by atoms with Crippen LogP contribution in [0, 0.1) is 10.1 Å². The maximum Gasteiger partial charge on any atom is 0.313 e. The van der Waals surface area contributed by atoms with Crippen molar-refractivity contribution in [3.63, 3.8) is 0 Å². The van der Waals surface area contributed by atoms with Gasteiger partial charge in [0, 0.05) is 44.9 Å². The lowest BCUT2D eigenvalue weighted by molar-refractivity contribution is -0.384. The number of benzene rings is 2. The van der Waals surface area contributed by atoms with Gasteiger partial charge in [0.1, 0.15) is 0 Å². The second-order valence-corrected chi connectivity index (χ2v) is 7.54. The quantitative estimate of drug-likeness (QED) is 0.435. The zero-order valence-electron chi connectivity index (χ0n) is 16.4. The molecule has 10 nitrogen and oxygen atoms in total. The lowest BCUT2D eigenvalue weighted by atomic mass is 10.1. The monoisotopic (exact) mass is 446 g/mol. The molecule has 31 heavy (non-hydrogen) atoms. The Morgan fingerprint density at radius 2 is 1.81 bits per heavy atom. The SMILES string of the molecule is O=C(Nc1cc([N+](=O)[O-])ccc1Cl)C(=O)N1CCN(Cc2ccc3c(c2)OCO3)CC1. The number of rotatable bonds is 4. The Bertz CT molecular complexity index is 1040. The second-order valence-electron chi connectivity index (χ2n) is 7.13. The molecule has 0 saturated carbocycles. The summed E-state index contributed by atoms with van der Waals surface area (Å²) in [6, 6.07) is 9.43. The maximum absolute atomic E-state index is 12.5.